The number of nitrogens with zero attached hydrogens (tertiary/aromatic N) is 3. The zero-order valence-corrected chi connectivity index (χ0v) is 19.6. The number of likely N-dealkylation sites (tertiary alicyclic amines) is 1. The molecule has 6 nitrogen and oxygen atoms in total. The van der Waals surface area contributed by atoms with Crippen LogP contribution in [0.5, 0.6) is 0 Å². The fourth-order valence-electron chi connectivity index (χ4n) is 4.02. The first kappa shape index (κ1) is 22.9. The van der Waals surface area contributed by atoms with Crippen molar-refractivity contribution < 1.29 is 4.79 Å². The number of para-hydroxylation sites is 1. The van der Waals surface area contributed by atoms with Crippen LogP contribution in [-0.4, -0.2) is 62.1 Å². The fourth-order valence-corrected chi connectivity index (χ4v) is 4.02. The van der Waals surface area contributed by atoms with E-state index >= 15 is 0 Å². The third-order valence-electron chi connectivity index (χ3n) is 5.60. The normalized spacial score (nSPS) is 23.6. The van der Waals surface area contributed by atoms with Gasteiger partial charge >= 0.3 is 0 Å². The molecule has 2 saturated heterocycles. The lowest BCUT2D eigenvalue weighted by atomic mass is 9.97. The summed E-state index contributed by atoms with van der Waals surface area (Å²) in [6, 6.07) is 10.6. The first-order chi connectivity index (χ1) is 13.1. The maximum absolute atomic E-state index is 12.4. The van der Waals surface area contributed by atoms with E-state index in [0.717, 1.165) is 24.7 Å². The zero-order chi connectivity index (χ0) is 19.2. The number of carbonyl (C=O) groups is 1. The highest BCUT2D eigenvalue weighted by Gasteiger charge is 2.31. The number of nitrogens with one attached hydrogen (secondary N) is 2. The number of guanidine groups is 1. The van der Waals surface area contributed by atoms with Gasteiger partial charge in [0, 0.05) is 44.8 Å². The van der Waals surface area contributed by atoms with E-state index in [1.165, 1.54) is 19.4 Å². The second kappa shape index (κ2) is 11.0. The van der Waals surface area contributed by atoms with Crippen LogP contribution >= 0.6 is 24.0 Å². The minimum absolute atomic E-state index is 0. The van der Waals surface area contributed by atoms with Gasteiger partial charge in [0.2, 0.25) is 5.91 Å². The number of amides is 1. The van der Waals surface area contributed by atoms with Crippen LogP contribution in [0.2, 0.25) is 0 Å². The summed E-state index contributed by atoms with van der Waals surface area (Å²) in [6.07, 6.45) is 3.02. The van der Waals surface area contributed by atoms with Crippen LogP contribution in [0, 0.1) is 5.92 Å². The summed E-state index contributed by atoms with van der Waals surface area (Å²) in [5.74, 6) is 1.60. The van der Waals surface area contributed by atoms with Crippen molar-refractivity contribution in [2.75, 3.05) is 38.1 Å². The smallest absolute Gasteiger partial charge is 0.229 e. The van der Waals surface area contributed by atoms with Crippen molar-refractivity contribution in [3.8, 4) is 0 Å². The number of hydrogen-bond acceptors (Lipinski definition) is 3. The highest BCUT2D eigenvalue weighted by molar-refractivity contribution is 14.0. The Labute approximate surface area is 186 Å². The second-order valence-electron chi connectivity index (χ2n) is 7.94. The number of benzene rings is 1. The van der Waals surface area contributed by atoms with E-state index in [4.69, 9.17) is 0 Å². The Bertz CT molecular complexity index is 651. The summed E-state index contributed by atoms with van der Waals surface area (Å²) in [5, 5.41) is 6.91. The fraction of sp³-hybridized carbons (Fsp3) is 0.619. The summed E-state index contributed by atoms with van der Waals surface area (Å²) in [6.45, 7) is 8.49. The first-order valence-corrected chi connectivity index (χ1v) is 10.1. The molecule has 2 N–H and O–H groups in total. The summed E-state index contributed by atoms with van der Waals surface area (Å²) < 4.78 is 0. The number of halogens is 1. The molecule has 1 aromatic rings. The van der Waals surface area contributed by atoms with E-state index in [1.807, 2.05) is 35.2 Å². The van der Waals surface area contributed by atoms with Crippen LogP contribution in [0.3, 0.4) is 0 Å². The molecule has 7 heteroatoms. The van der Waals surface area contributed by atoms with E-state index in [9.17, 15) is 4.79 Å². The summed E-state index contributed by atoms with van der Waals surface area (Å²) in [5.41, 5.74) is 0.964. The van der Waals surface area contributed by atoms with E-state index < -0.39 is 0 Å². The maximum Gasteiger partial charge on any atom is 0.229 e. The Morgan fingerprint density at radius 1 is 1.25 bits per heavy atom. The SMILES string of the molecule is CN=C(NCC1CCCN(C(C)C)C1)NC1CC(=O)N(c2ccccc2)C1.I. The van der Waals surface area contributed by atoms with Gasteiger partial charge in [-0.1, -0.05) is 18.2 Å². The first-order valence-electron chi connectivity index (χ1n) is 10.1. The Hall–Kier alpha value is -1.35. The van der Waals surface area contributed by atoms with Gasteiger partial charge in [0.25, 0.3) is 0 Å². The molecule has 2 aliphatic heterocycles. The quantitative estimate of drug-likeness (QED) is 0.372. The minimum atomic E-state index is 0. The number of anilines is 1. The molecule has 0 aliphatic carbocycles. The molecule has 1 aromatic carbocycles. The van der Waals surface area contributed by atoms with Gasteiger partial charge < -0.3 is 20.4 Å². The van der Waals surface area contributed by atoms with E-state index in [2.05, 4.69) is 34.4 Å². The number of carbonyl (C=O) groups excluding carboxylic acids is 1. The monoisotopic (exact) mass is 499 g/mol. The zero-order valence-electron chi connectivity index (χ0n) is 17.2. The molecule has 156 valence electrons. The van der Waals surface area contributed by atoms with Crippen molar-refractivity contribution in [1.29, 1.82) is 0 Å². The molecule has 2 atom stereocenters. The Balaban J connectivity index is 0.00000280. The number of aliphatic imine (C=N–C) groups is 1. The van der Waals surface area contributed by atoms with E-state index in [0.29, 0.717) is 24.9 Å². The molecule has 0 spiro atoms. The third kappa shape index (κ3) is 6.07. The maximum atomic E-state index is 12.4. The lowest BCUT2D eigenvalue weighted by molar-refractivity contribution is -0.117. The molecule has 3 rings (SSSR count). The molecule has 28 heavy (non-hydrogen) atoms. The average Bonchev–Trinajstić information content (AvgIpc) is 3.06. The van der Waals surface area contributed by atoms with Crippen molar-refractivity contribution in [1.82, 2.24) is 15.5 Å². The number of piperidine rings is 1. The molecule has 0 bridgehead atoms. The highest BCUT2D eigenvalue weighted by Crippen LogP contribution is 2.21. The standard InChI is InChI=1S/C21H33N5O.HI/c1-16(2)25-11-7-8-17(14-25)13-23-21(22-3)24-18-12-20(27)26(15-18)19-9-5-4-6-10-19;/h4-6,9-10,16-18H,7-8,11-15H2,1-3H3,(H2,22,23,24);1H. The van der Waals surface area contributed by atoms with Crippen molar-refractivity contribution in [3.05, 3.63) is 30.3 Å². The van der Waals surface area contributed by atoms with Gasteiger partial charge in [-0.15, -0.1) is 24.0 Å². The van der Waals surface area contributed by atoms with Gasteiger partial charge in [-0.05, 0) is 51.3 Å². The van der Waals surface area contributed by atoms with Gasteiger partial charge in [0.15, 0.2) is 5.96 Å². The average molecular weight is 499 g/mol. The molecular weight excluding hydrogens is 465 g/mol. The molecular formula is C21H34IN5O. The van der Waals surface area contributed by atoms with E-state index in [-0.39, 0.29) is 35.9 Å². The molecule has 2 unspecified atom stereocenters. The highest BCUT2D eigenvalue weighted by atomic mass is 127. The molecule has 0 saturated carbocycles. The number of rotatable bonds is 5. The van der Waals surface area contributed by atoms with Crippen molar-refractivity contribution >= 4 is 41.5 Å². The van der Waals surface area contributed by atoms with Gasteiger partial charge in [0.1, 0.15) is 0 Å². The Morgan fingerprint density at radius 3 is 2.68 bits per heavy atom. The predicted molar refractivity (Wildman–Crippen MR) is 127 cm³/mol. The molecule has 2 aliphatic rings. The minimum Gasteiger partial charge on any atom is -0.356 e. The van der Waals surface area contributed by atoms with Crippen molar-refractivity contribution in [3.63, 3.8) is 0 Å². The van der Waals surface area contributed by atoms with Crippen molar-refractivity contribution in [2.45, 2.75) is 45.2 Å². The third-order valence-corrected chi connectivity index (χ3v) is 5.60. The topological polar surface area (TPSA) is 60.0 Å². The lowest BCUT2D eigenvalue weighted by Gasteiger charge is -2.35. The van der Waals surface area contributed by atoms with Crippen LogP contribution in [0.25, 0.3) is 0 Å². The van der Waals surface area contributed by atoms with Gasteiger partial charge in [-0.2, -0.15) is 0 Å². The largest absolute Gasteiger partial charge is 0.356 e. The summed E-state index contributed by atoms with van der Waals surface area (Å²) >= 11 is 0. The molecule has 1 amide bonds. The van der Waals surface area contributed by atoms with Crippen LogP contribution in [0.15, 0.2) is 35.3 Å². The van der Waals surface area contributed by atoms with Gasteiger partial charge in [-0.25, -0.2) is 0 Å². The Kier molecular flexibility index (Phi) is 9.01. The van der Waals surface area contributed by atoms with E-state index in [1.54, 1.807) is 7.05 Å². The summed E-state index contributed by atoms with van der Waals surface area (Å²) in [4.78, 5) is 21.2. The second-order valence-corrected chi connectivity index (χ2v) is 7.94. The molecule has 0 aromatic heterocycles. The van der Waals surface area contributed by atoms with Crippen molar-refractivity contribution in [2.24, 2.45) is 10.9 Å². The van der Waals surface area contributed by atoms with Crippen LogP contribution < -0.4 is 15.5 Å². The number of hydrogen-bond donors (Lipinski definition) is 2. The summed E-state index contributed by atoms with van der Waals surface area (Å²) in [7, 11) is 1.79. The van der Waals surface area contributed by atoms with Crippen LogP contribution in [-0.2, 0) is 4.79 Å². The molecule has 2 heterocycles. The molecule has 0 radical (unpaired) electrons. The van der Waals surface area contributed by atoms with Gasteiger partial charge in [0.05, 0.1) is 6.04 Å². The predicted octanol–water partition coefficient (Wildman–Crippen LogP) is 2.70. The lowest BCUT2D eigenvalue weighted by Crippen LogP contribution is -2.48. The van der Waals surface area contributed by atoms with Crippen LogP contribution in [0.4, 0.5) is 5.69 Å². The van der Waals surface area contributed by atoms with Crippen LogP contribution in [0.1, 0.15) is 33.1 Å². The van der Waals surface area contributed by atoms with Gasteiger partial charge in [-0.3, -0.25) is 9.79 Å². The Morgan fingerprint density at radius 2 is 2.00 bits per heavy atom. The molecule has 2 fully saturated rings.